The Hall–Kier alpha value is -3.44. The van der Waals surface area contributed by atoms with Crippen molar-refractivity contribution in [1.29, 1.82) is 0 Å². The molecule has 0 spiro atoms. The zero-order valence-corrected chi connectivity index (χ0v) is 39.4. The predicted octanol–water partition coefficient (Wildman–Crippen LogP) is 12.9. The Balaban J connectivity index is 1.93. The summed E-state index contributed by atoms with van der Waals surface area (Å²) in [6.45, 7) is 22.1. The Kier molecular flexibility index (Phi) is 15.5. The van der Waals surface area contributed by atoms with Gasteiger partial charge in [0.15, 0.2) is 0 Å². The zero-order valence-electron chi connectivity index (χ0n) is 36.2. The number of benzene rings is 4. The quantitative estimate of drug-likeness (QED) is 0.103. The molecule has 0 aliphatic heterocycles. The van der Waals surface area contributed by atoms with E-state index in [-0.39, 0.29) is 0 Å². The molecule has 58 heavy (non-hydrogen) atoms. The van der Waals surface area contributed by atoms with Gasteiger partial charge in [0.25, 0.3) is 0 Å². The summed E-state index contributed by atoms with van der Waals surface area (Å²) in [6, 6.07) is 16.4. The summed E-state index contributed by atoms with van der Waals surface area (Å²) < 4.78 is 28.6. The third-order valence-corrected chi connectivity index (χ3v) is 10.8. The maximum atomic E-state index is 14.1. The molecule has 0 N–H and O–H groups in total. The third kappa shape index (κ3) is 11.0. The lowest BCUT2D eigenvalue weighted by atomic mass is 9.90. The molecule has 0 atom stereocenters. The van der Waals surface area contributed by atoms with Crippen LogP contribution >= 0.6 is 31.9 Å². The van der Waals surface area contributed by atoms with Crippen LogP contribution in [0.15, 0.2) is 57.5 Å². The second kappa shape index (κ2) is 19.7. The molecule has 4 aromatic carbocycles. The van der Waals surface area contributed by atoms with E-state index in [4.69, 9.17) is 18.9 Å². The third-order valence-electron chi connectivity index (χ3n) is 9.88. The van der Waals surface area contributed by atoms with Crippen molar-refractivity contribution in [2.24, 2.45) is 0 Å². The second-order valence-electron chi connectivity index (χ2n) is 17.3. The van der Waals surface area contributed by atoms with Crippen LogP contribution in [0.4, 0.5) is 11.4 Å². The van der Waals surface area contributed by atoms with Crippen LogP contribution in [0.1, 0.15) is 139 Å². The normalized spacial score (nSPS) is 12.9. The van der Waals surface area contributed by atoms with Crippen molar-refractivity contribution in [3.05, 3.63) is 102 Å². The van der Waals surface area contributed by atoms with E-state index in [0.717, 1.165) is 112 Å². The monoisotopic (exact) mass is 920 g/mol. The lowest BCUT2D eigenvalue weighted by molar-refractivity contribution is 0.102. The predicted molar refractivity (Wildman–Crippen MR) is 241 cm³/mol. The van der Waals surface area contributed by atoms with E-state index in [9.17, 15) is 10.4 Å². The minimum Gasteiger partial charge on any atom is -0.493 e. The Morgan fingerprint density at radius 3 is 0.828 bits per heavy atom. The molecular formula is C48H62Br2N2O6. The van der Waals surface area contributed by atoms with Crippen LogP contribution in [0.25, 0.3) is 0 Å². The lowest BCUT2D eigenvalue weighted by Gasteiger charge is -2.31. The van der Waals surface area contributed by atoms with Crippen LogP contribution in [0.5, 0.6) is 23.0 Å². The van der Waals surface area contributed by atoms with E-state index in [1.807, 2.05) is 65.8 Å². The summed E-state index contributed by atoms with van der Waals surface area (Å²) in [7, 11) is 0. The number of ether oxygens (including phenoxy) is 4. The van der Waals surface area contributed by atoms with Crippen molar-refractivity contribution in [3.63, 3.8) is 0 Å². The SMILES string of the molecule is CCCOc1c2cc(Br)cc1Cc1cc(N([O])C(C)(C)C)cc(c1OCCC)Cc1cc(Br)cc(c1OCCC)Cc1cc(N([O])C(C)(C)C)cc(c1OCCC)C2. The fourth-order valence-electron chi connectivity index (χ4n) is 7.33. The molecule has 314 valence electrons. The van der Waals surface area contributed by atoms with Gasteiger partial charge in [-0.05, 0) is 116 Å². The van der Waals surface area contributed by atoms with Gasteiger partial charge in [0.1, 0.15) is 23.0 Å². The number of hydroxylamine groups is 2. The molecule has 4 aromatic rings. The van der Waals surface area contributed by atoms with Crippen molar-refractivity contribution in [1.82, 2.24) is 0 Å². The number of fused-ring (bicyclic) bond motifs is 8. The molecule has 2 radical (unpaired) electrons. The van der Waals surface area contributed by atoms with Gasteiger partial charge in [0.05, 0.1) is 48.9 Å². The topological polar surface area (TPSA) is 83.2 Å². The number of hydrogen-bond acceptors (Lipinski definition) is 6. The number of rotatable bonds is 14. The van der Waals surface area contributed by atoms with Crippen LogP contribution < -0.4 is 29.1 Å². The first-order valence-electron chi connectivity index (χ1n) is 20.9. The van der Waals surface area contributed by atoms with Gasteiger partial charge < -0.3 is 18.9 Å². The molecule has 0 heterocycles. The first-order chi connectivity index (χ1) is 27.5. The van der Waals surface area contributed by atoms with Gasteiger partial charge >= 0.3 is 0 Å². The summed E-state index contributed by atoms with van der Waals surface area (Å²) in [6.07, 6.45) is 5.12. The number of anilines is 2. The van der Waals surface area contributed by atoms with Crippen LogP contribution in [0.3, 0.4) is 0 Å². The molecular weight excluding hydrogens is 860 g/mol. The first-order valence-corrected chi connectivity index (χ1v) is 22.5. The minimum absolute atomic E-state index is 0.453. The number of hydrogen-bond donors (Lipinski definition) is 0. The van der Waals surface area contributed by atoms with Gasteiger partial charge in [-0.2, -0.15) is 0 Å². The summed E-state index contributed by atoms with van der Waals surface area (Å²) >= 11 is 7.72. The molecule has 5 rings (SSSR count). The highest BCUT2D eigenvalue weighted by Gasteiger charge is 2.29. The van der Waals surface area contributed by atoms with Crippen LogP contribution in [0, 0.1) is 0 Å². The van der Waals surface area contributed by atoms with E-state index in [2.05, 4.69) is 83.8 Å². The highest BCUT2D eigenvalue weighted by molar-refractivity contribution is 9.10. The Morgan fingerprint density at radius 2 is 0.638 bits per heavy atom. The minimum atomic E-state index is -0.677. The largest absolute Gasteiger partial charge is 0.493 e. The fourth-order valence-corrected chi connectivity index (χ4v) is 8.44. The van der Waals surface area contributed by atoms with Crippen molar-refractivity contribution in [2.75, 3.05) is 36.6 Å². The van der Waals surface area contributed by atoms with Gasteiger partial charge in [0.2, 0.25) is 0 Å². The zero-order chi connectivity index (χ0) is 42.4. The molecule has 10 heteroatoms. The second-order valence-corrected chi connectivity index (χ2v) is 19.2. The highest BCUT2D eigenvalue weighted by atomic mass is 79.9. The standard InChI is InChI=1S/C48H62Br2N2O6/c1-11-15-55-43-31-19-35-27-41(51(53)47(5,6)7)29-37(45(35)57-17-13-3)21-33-25-40(50)26-34(44(33)56-16-12-2)22-38-30-42(52(54)48(8,9)10)28-36(46(38)58-18-14-4)20-32(43)24-39(49)23-31/h23-30H,11-22H2,1-10H3. The van der Waals surface area contributed by atoms with Gasteiger partial charge in [-0.3, -0.25) is 0 Å². The Morgan fingerprint density at radius 1 is 0.431 bits per heavy atom. The fraction of sp³-hybridized carbons (Fsp3) is 0.500. The Bertz CT molecular complexity index is 1790. The average Bonchev–Trinajstić information content (AvgIpc) is 3.14. The molecule has 0 saturated heterocycles. The van der Waals surface area contributed by atoms with Gasteiger partial charge in [-0.1, -0.05) is 70.0 Å². The van der Waals surface area contributed by atoms with Gasteiger partial charge in [0, 0.05) is 79.1 Å². The Labute approximate surface area is 364 Å². The average molecular weight is 923 g/mol. The van der Waals surface area contributed by atoms with Crippen molar-refractivity contribution in [3.8, 4) is 23.0 Å². The van der Waals surface area contributed by atoms with Crippen LogP contribution in [-0.2, 0) is 36.1 Å². The van der Waals surface area contributed by atoms with Crippen molar-refractivity contribution >= 4 is 43.2 Å². The highest BCUT2D eigenvalue weighted by Crippen LogP contribution is 2.44. The number of nitrogens with zero attached hydrogens (tertiary/aromatic N) is 2. The summed E-state index contributed by atoms with van der Waals surface area (Å²) in [5.41, 5.74) is 7.25. The van der Waals surface area contributed by atoms with E-state index in [1.165, 1.54) is 0 Å². The first kappa shape index (κ1) is 45.6. The van der Waals surface area contributed by atoms with E-state index in [1.54, 1.807) is 0 Å². The van der Waals surface area contributed by atoms with E-state index in [0.29, 0.717) is 63.5 Å². The summed E-state index contributed by atoms with van der Waals surface area (Å²) in [5.74, 6) is 3.11. The molecule has 8 nitrogen and oxygen atoms in total. The maximum Gasteiger partial charge on any atom is 0.126 e. The lowest BCUT2D eigenvalue weighted by Crippen LogP contribution is -2.37. The van der Waals surface area contributed by atoms with Gasteiger partial charge in [-0.25, -0.2) is 10.1 Å². The summed E-state index contributed by atoms with van der Waals surface area (Å²) in [5, 5.41) is 30.4. The molecule has 1 aliphatic carbocycles. The molecule has 0 saturated carbocycles. The van der Waals surface area contributed by atoms with E-state index < -0.39 is 11.1 Å². The van der Waals surface area contributed by atoms with Gasteiger partial charge in [-0.15, -0.1) is 0 Å². The number of halogens is 2. The van der Waals surface area contributed by atoms with Crippen molar-refractivity contribution < 1.29 is 29.4 Å². The van der Waals surface area contributed by atoms with Crippen LogP contribution in [0.2, 0.25) is 0 Å². The molecule has 0 amide bonds. The smallest absolute Gasteiger partial charge is 0.126 e. The molecule has 0 fully saturated rings. The van der Waals surface area contributed by atoms with Crippen molar-refractivity contribution in [2.45, 2.75) is 132 Å². The molecule has 8 bridgehead atoms. The summed E-state index contributed by atoms with van der Waals surface area (Å²) in [4.78, 5) is 0. The van der Waals surface area contributed by atoms with E-state index >= 15 is 0 Å². The molecule has 0 unspecified atom stereocenters. The molecule has 0 aromatic heterocycles. The maximum absolute atomic E-state index is 14.1. The van der Waals surface area contributed by atoms with Crippen LogP contribution in [-0.4, -0.2) is 37.5 Å². The molecule has 1 aliphatic rings.